The molecule has 7 nitrogen and oxygen atoms in total. The smallest absolute Gasteiger partial charge is 0.309 e. The van der Waals surface area contributed by atoms with E-state index in [1.807, 2.05) is 42.5 Å². The predicted molar refractivity (Wildman–Crippen MR) is 106 cm³/mol. The second kappa shape index (κ2) is 10.5. The first-order valence-corrected chi connectivity index (χ1v) is 9.55. The molecule has 1 fully saturated rings. The van der Waals surface area contributed by atoms with Gasteiger partial charge >= 0.3 is 11.8 Å². The van der Waals surface area contributed by atoms with Gasteiger partial charge in [-0.1, -0.05) is 36.4 Å². The first-order chi connectivity index (χ1) is 13.7. The maximum absolute atomic E-state index is 12.2. The number of morpholine rings is 1. The number of carbonyl (C=O) groups is 2. The standard InChI is InChI=1S/C21H26N4O3/c26-20(23-10-8-17-5-2-1-3-6-17)21(27)24-16-19(18-7-4-9-22-15-18)25-11-13-28-14-12-25/h1-7,9,15,19H,8,10-14,16H2,(H,23,26)(H,24,27)/t19-/m1/s1. The maximum Gasteiger partial charge on any atom is 0.309 e. The minimum absolute atomic E-state index is 0.0429. The van der Waals surface area contributed by atoms with Crippen molar-refractivity contribution in [2.45, 2.75) is 12.5 Å². The number of hydrogen-bond donors (Lipinski definition) is 2. The van der Waals surface area contributed by atoms with Gasteiger partial charge in [-0.25, -0.2) is 0 Å². The lowest BCUT2D eigenvalue weighted by molar-refractivity contribution is -0.139. The van der Waals surface area contributed by atoms with Gasteiger partial charge in [-0.2, -0.15) is 0 Å². The lowest BCUT2D eigenvalue weighted by atomic mass is 10.1. The van der Waals surface area contributed by atoms with Crippen LogP contribution in [0, 0.1) is 0 Å². The highest BCUT2D eigenvalue weighted by atomic mass is 16.5. The topological polar surface area (TPSA) is 83.6 Å². The van der Waals surface area contributed by atoms with Crippen LogP contribution in [0.2, 0.25) is 0 Å². The van der Waals surface area contributed by atoms with Gasteiger partial charge in [0.2, 0.25) is 0 Å². The van der Waals surface area contributed by atoms with Gasteiger partial charge in [-0.3, -0.25) is 19.5 Å². The van der Waals surface area contributed by atoms with Crippen LogP contribution >= 0.6 is 0 Å². The molecule has 0 saturated carbocycles. The number of hydrogen-bond acceptors (Lipinski definition) is 5. The first-order valence-electron chi connectivity index (χ1n) is 9.55. The molecule has 1 aromatic heterocycles. The van der Waals surface area contributed by atoms with E-state index in [1.165, 1.54) is 0 Å². The monoisotopic (exact) mass is 382 g/mol. The predicted octanol–water partition coefficient (Wildman–Crippen LogP) is 0.930. The van der Waals surface area contributed by atoms with E-state index in [-0.39, 0.29) is 6.04 Å². The van der Waals surface area contributed by atoms with Crippen LogP contribution in [0.15, 0.2) is 54.9 Å². The summed E-state index contributed by atoms with van der Waals surface area (Å²) in [6.45, 7) is 3.63. The van der Waals surface area contributed by atoms with E-state index in [2.05, 4.69) is 20.5 Å². The molecule has 2 amide bonds. The van der Waals surface area contributed by atoms with Crippen LogP contribution in [0.1, 0.15) is 17.2 Å². The van der Waals surface area contributed by atoms with E-state index < -0.39 is 11.8 Å². The van der Waals surface area contributed by atoms with Crippen molar-refractivity contribution in [2.24, 2.45) is 0 Å². The summed E-state index contributed by atoms with van der Waals surface area (Å²) in [6, 6.07) is 13.7. The molecule has 1 saturated heterocycles. The number of ether oxygens (including phenoxy) is 1. The fourth-order valence-electron chi connectivity index (χ4n) is 3.23. The fraction of sp³-hybridized carbons (Fsp3) is 0.381. The summed E-state index contributed by atoms with van der Waals surface area (Å²) >= 11 is 0. The quantitative estimate of drug-likeness (QED) is 0.696. The van der Waals surface area contributed by atoms with Gasteiger partial charge in [0.05, 0.1) is 19.3 Å². The molecule has 0 unspecified atom stereocenters. The molecule has 1 aliphatic heterocycles. The maximum atomic E-state index is 12.2. The van der Waals surface area contributed by atoms with E-state index in [1.54, 1.807) is 12.4 Å². The zero-order chi connectivity index (χ0) is 19.6. The van der Waals surface area contributed by atoms with Crippen molar-refractivity contribution < 1.29 is 14.3 Å². The van der Waals surface area contributed by atoms with Crippen molar-refractivity contribution in [3.05, 3.63) is 66.0 Å². The number of carbonyl (C=O) groups excluding carboxylic acids is 2. The zero-order valence-electron chi connectivity index (χ0n) is 15.8. The van der Waals surface area contributed by atoms with Crippen LogP contribution in [-0.2, 0) is 20.7 Å². The molecule has 28 heavy (non-hydrogen) atoms. The van der Waals surface area contributed by atoms with Crippen molar-refractivity contribution in [2.75, 3.05) is 39.4 Å². The Bertz CT molecular complexity index is 749. The Morgan fingerprint density at radius 3 is 2.50 bits per heavy atom. The van der Waals surface area contributed by atoms with Crippen LogP contribution in [0.4, 0.5) is 0 Å². The molecule has 148 valence electrons. The molecule has 2 heterocycles. The van der Waals surface area contributed by atoms with Crippen molar-refractivity contribution in [3.8, 4) is 0 Å². The van der Waals surface area contributed by atoms with Gasteiger partial charge in [0, 0.05) is 38.6 Å². The van der Waals surface area contributed by atoms with Gasteiger partial charge in [-0.15, -0.1) is 0 Å². The molecule has 0 spiro atoms. The van der Waals surface area contributed by atoms with E-state index in [0.29, 0.717) is 32.7 Å². The van der Waals surface area contributed by atoms with Gasteiger partial charge in [0.15, 0.2) is 0 Å². The third-order valence-corrected chi connectivity index (χ3v) is 4.76. The molecule has 3 rings (SSSR count). The van der Waals surface area contributed by atoms with E-state index >= 15 is 0 Å². The number of amides is 2. The Balaban J connectivity index is 1.50. The van der Waals surface area contributed by atoms with Crippen LogP contribution in [-0.4, -0.2) is 61.1 Å². The zero-order valence-corrected chi connectivity index (χ0v) is 15.8. The third kappa shape index (κ3) is 5.87. The van der Waals surface area contributed by atoms with Crippen LogP contribution < -0.4 is 10.6 Å². The lowest BCUT2D eigenvalue weighted by Crippen LogP contribution is -2.47. The van der Waals surface area contributed by atoms with Gasteiger partial charge in [-0.05, 0) is 23.6 Å². The number of pyridine rings is 1. The Morgan fingerprint density at radius 2 is 1.79 bits per heavy atom. The van der Waals surface area contributed by atoms with Crippen LogP contribution in [0.3, 0.4) is 0 Å². The molecule has 0 aliphatic carbocycles. The summed E-state index contributed by atoms with van der Waals surface area (Å²) in [5.41, 5.74) is 2.13. The van der Waals surface area contributed by atoms with Crippen LogP contribution in [0.5, 0.6) is 0 Å². The highest BCUT2D eigenvalue weighted by Crippen LogP contribution is 2.20. The SMILES string of the molecule is O=C(NCCc1ccccc1)C(=O)NC[C@H](c1cccnc1)N1CCOCC1. The summed E-state index contributed by atoms with van der Waals surface area (Å²) in [5, 5.41) is 5.44. The summed E-state index contributed by atoms with van der Waals surface area (Å²) in [5.74, 6) is -1.22. The largest absolute Gasteiger partial charge is 0.379 e. The minimum atomic E-state index is -0.616. The Kier molecular flexibility index (Phi) is 7.52. The summed E-state index contributed by atoms with van der Waals surface area (Å²) in [7, 11) is 0. The Morgan fingerprint density at radius 1 is 1.04 bits per heavy atom. The lowest BCUT2D eigenvalue weighted by Gasteiger charge is -2.34. The third-order valence-electron chi connectivity index (χ3n) is 4.76. The number of benzene rings is 1. The fourth-order valence-corrected chi connectivity index (χ4v) is 3.23. The summed E-state index contributed by atoms with van der Waals surface area (Å²) < 4.78 is 5.42. The van der Waals surface area contributed by atoms with Gasteiger partial charge in [0.25, 0.3) is 0 Å². The highest BCUT2D eigenvalue weighted by molar-refractivity contribution is 6.35. The van der Waals surface area contributed by atoms with E-state index in [9.17, 15) is 9.59 Å². The van der Waals surface area contributed by atoms with Crippen molar-refractivity contribution in [3.63, 3.8) is 0 Å². The number of rotatable bonds is 7. The molecule has 0 radical (unpaired) electrons. The second-order valence-corrected chi connectivity index (χ2v) is 6.65. The average molecular weight is 382 g/mol. The normalized spacial score (nSPS) is 15.6. The molecule has 0 bridgehead atoms. The van der Waals surface area contributed by atoms with Crippen molar-refractivity contribution in [1.82, 2.24) is 20.5 Å². The number of nitrogens with zero attached hydrogens (tertiary/aromatic N) is 2. The van der Waals surface area contributed by atoms with Crippen LogP contribution in [0.25, 0.3) is 0 Å². The molecule has 2 N–H and O–H groups in total. The Hall–Kier alpha value is -2.77. The average Bonchev–Trinajstić information content (AvgIpc) is 2.76. The summed E-state index contributed by atoms with van der Waals surface area (Å²) in [6.07, 6.45) is 4.21. The van der Waals surface area contributed by atoms with E-state index in [0.717, 1.165) is 24.2 Å². The van der Waals surface area contributed by atoms with Gasteiger partial charge in [0.1, 0.15) is 0 Å². The van der Waals surface area contributed by atoms with Crippen molar-refractivity contribution in [1.29, 1.82) is 0 Å². The second-order valence-electron chi connectivity index (χ2n) is 6.65. The van der Waals surface area contributed by atoms with Crippen molar-refractivity contribution >= 4 is 11.8 Å². The summed E-state index contributed by atoms with van der Waals surface area (Å²) in [4.78, 5) is 30.7. The highest BCUT2D eigenvalue weighted by Gasteiger charge is 2.24. The first kappa shape index (κ1) is 20.0. The molecule has 1 atom stereocenters. The molecule has 1 aliphatic rings. The number of aromatic nitrogens is 1. The number of nitrogens with one attached hydrogen (secondary N) is 2. The Labute approximate surface area is 165 Å². The van der Waals surface area contributed by atoms with E-state index in [4.69, 9.17) is 4.74 Å². The molecule has 1 aromatic carbocycles. The molecule has 7 heteroatoms. The molecule has 2 aromatic rings. The van der Waals surface area contributed by atoms with Gasteiger partial charge < -0.3 is 15.4 Å². The molecular weight excluding hydrogens is 356 g/mol. The minimum Gasteiger partial charge on any atom is -0.379 e. The molecular formula is C21H26N4O3.